The van der Waals surface area contributed by atoms with Gasteiger partial charge in [-0.05, 0) is 24.0 Å². The molecule has 0 spiro atoms. The number of hydrogen-bond donors (Lipinski definition) is 2. The molecule has 13 heavy (non-hydrogen) atoms. The molecule has 2 N–H and O–H groups in total. The zero-order chi connectivity index (χ0) is 9.26. The topological polar surface area (TPSA) is 49.3 Å². The maximum Gasteiger partial charge on any atom is 0.405 e. The maximum absolute atomic E-state index is 10.5. The summed E-state index contributed by atoms with van der Waals surface area (Å²) >= 11 is 0. The quantitative estimate of drug-likeness (QED) is 0.688. The molecule has 1 aliphatic rings. The van der Waals surface area contributed by atoms with Gasteiger partial charge in [-0.25, -0.2) is 4.79 Å². The first-order valence-electron chi connectivity index (χ1n) is 4.34. The second-order valence-electron chi connectivity index (χ2n) is 3.24. The highest BCUT2D eigenvalue weighted by molar-refractivity contribution is 5.65. The number of carbonyl (C=O) groups is 1. The van der Waals surface area contributed by atoms with Gasteiger partial charge in [0.1, 0.15) is 0 Å². The lowest BCUT2D eigenvalue weighted by atomic mass is 10.1. The highest BCUT2D eigenvalue weighted by atomic mass is 16.4. The number of benzene rings is 1. The number of aryl methyl sites for hydroxylation is 1. The summed E-state index contributed by atoms with van der Waals surface area (Å²) in [5.74, 6) is 0. The van der Waals surface area contributed by atoms with Crippen molar-refractivity contribution in [3.05, 3.63) is 35.4 Å². The van der Waals surface area contributed by atoms with Crippen molar-refractivity contribution in [3.8, 4) is 0 Å². The van der Waals surface area contributed by atoms with Crippen LogP contribution >= 0.6 is 0 Å². The molecule has 0 fully saturated rings. The second kappa shape index (κ2) is 3.09. The first-order valence-corrected chi connectivity index (χ1v) is 4.34. The number of rotatable bonds is 1. The summed E-state index contributed by atoms with van der Waals surface area (Å²) in [6, 6.07) is 7.97. The van der Waals surface area contributed by atoms with Gasteiger partial charge in [0.15, 0.2) is 0 Å². The zero-order valence-corrected chi connectivity index (χ0v) is 7.16. The zero-order valence-electron chi connectivity index (χ0n) is 7.16. The molecular weight excluding hydrogens is 166 g/mol. The molecule has 0 saturated heterocycles. The fourth-order valence-corrected chi connectivity index (χ4v) is 1.86. The number of carboxylic acid groups (broad SMARTS) is 1. The number of nitrogens with one attached hydrogen (secondary N) is 1. The predicted molar refractivity (Wildman–Crippen MR) is 48.7 cm³/mol. The van der Waals surface area contributed by atoms with Crippen LogP contribution in [0, 0.1) is 0 Å². The van der Waals surface area contributed by atoms with Crippen LogP contribution in [0.3, 0.4) is 0 Å². The molecule has 0 bridgehead atoms. The average Bonchev–Trinajstić information content (AvgIpc) is 2.48. The Morgan fingerprint density at radius 3 is 3.00 bits per heavy atom. The van der Waals surface area contributed by atoms with Crippen molar-refractivity contribution in [2.75, 3.05) is 0 Å². The van der Waals surface area contributed by atoms with Crippen molar-refractivity contribution in [3.63, 3.8) is 0 Å². The van der Waals surface area contributed by atoms with E-state index in [1.54, 1.807) is 0 Å². The number of amides is 1. The summed E-state index contributed by atoms with van der Waals surface area (Å²) in [4.78, 5) is 10.5. The molecule has 1 atom stereocenters. The van der Waals surface area contributed by atoms with Crippen LogP contribution in [0.5, 0.6) is 0 Å². The van der Waals surface area contributed by atoms with Gasteiger partial charge in [0.05, 0.1) is 6.04 Å². The van der Waals surface area contributed by atoms with Crippen LogP contribution < -0.4 is 5.32 Å². The summed E-state index contributed by atoms with van der Waals surface area (Å²) in [5, 5.41) is 11.1. The predicted octanol–water partition coefficient (Wildman–Crippen LogP) is 1.94. The highest BCUT2D eigenvalue weighted by Gasteiger charge is 2.22. The van der Waals surface area contributed by atoms with E-state index in [0.717, 1.165) is 18.4 Å². The van der Waals surface area contributed by atoms with Gasteiger partial charge in [-0.1, -0.05) is 24.3 Å². The first-order chi connectivity index (χ1) is 6.27. The summed E-state index contributed by atoms with van der Waals surface area (Å²) in [5.41, 5.74) is 2.39. The number of fused-ring (bicyclic) bond motifs is 1. The van der Waals surface area contributed by atoms with Crippen molar-refractivity contribution >= 4 is 6.09 Å². The SMILES string of the molecule is O=C(O)N[C@@H]1CCc2ccccc21. The third-order valence-electron chi connectivity index (χ3n) is 2.43. The van der Waals surface area contributed by atoms with E-state index >= 15 is 0 Å². The van der Waals surface area contributed by atoms with E-state index in [0.29, 0.717) is 0 Å². The molecule has 3 nitrogen and oxygen atoms in total. The van der Waals surface area contributed by atoms with Gasteiger partial charge in [-0.15, -0.1) is 0 Å². The normalized spacial score (nSPS) is 19.5. The summed E-state index contributed by atoms with van der Waals surface area (Å²) in [6.07, 6.45) is 0.911. The Morgan fingerprint density at radius 1 is 1.46 bits per heavy atom. The Morgan fingerprint density at radius 2 is 2.23 bits per heavy atom. The Hall–Kier alpha value is -1.51. The molecule has 0 unspecified atom stereocenters. The van der Waals surface area contributed by atoms with Crippen LogP contribution in [-0.4, -0.2) is 11.2 Å². The van der Waals surface area contributed by atoms with Gasteiger partial charge >= 0.3 is 6.09 Å². The van der Waals surface area contributed by atoms with Gasteiger partial charge in [-0.3, -0.25) is 0 Å². The first kappa shape index (κ1) is 8.10. The van der Waals surface area contributed by atoms with Crippen molar-refractivity contribution in [2.24, 2.45) is 0 Å². The van der Waals surface area contributed by atoms with E-state index in [1.165, 1.54) is 5.56 Å². The number of hydrogen-bond acceptors (Lipinski definition) is 1. The van der Waals surface area contributed by atoms with Gasteiger partial charge < -0.3 is 10.4 Å². The molecule has 1 aromatic rings. The molecule has 0 radical (unpaired) electrons. The van der Waals surface area contributed by atoms with Crippen LogP contribution in [0.4, 0.5) is 4.79 Å². The maximum atomic E-state index is 10.5. The lowest BCUT2D eigenvalue weighted by Gasteiger charge is -2.10. The summed E-state index contributed by atoms with van der Waals surface area (Å²) < 4.78 is 0. The molecule has 2 rings (SSSR count). The molecule has 1 amide bonds. The Balaban J connectivity index is 2.23. The Kier molecular flexibility index (Phi) is 1.93. The monoisotopic (exact) mass is 177 g/mol. The van der Waals surface area contributed by atoms with Crippen LogP contribution in [0.15, 0.2) is 24.3 Å². The van der Waals surface area contributed by atoms with Crippen LogP contribution in [0.1, 0.15) is 23.6 Å². The second-order valence-corrected chi connectivity index (χ2v) is 3.24. The lowest BCUT2D eigenvalue weighted by molar-refractivity contribution is 0.190. The minimum atomic E-state index is -0.943. The molecule has 0 aliphatic heterocycles. The molecule has 0 heterocycles. The smallest absolute Gasteiger partial charge is 0.405 e. The molecule has 1 aromatic carbocycles. The minimum absolute atomic E-state index is 0.00583. The fourth-order valence-electron chi connectivity index (χ4n) is 1.86. The van der Waals surface area contributed by atoms with Crippen molar-refractivity contribution < 1.29 is 9.90 Å². The molecule has 0 saturated carbocycles. The van der Waals surface area contributed by atoms with Crippen molar-refractivity contribution in [1.82, 2.24) is 5.32 Å². The van der Waals surface area contributed by atoms with E-state index in [-0.39, 0.29) is 6.04 Å². The van der Waals surface area contributed by atoms with E-state index in [4.69, 9.17) is 5.11 Å². The van der Waals surface area contributed by atoms with Crippen LogP contribution in [0.25, 0.3) is 0 Å². The summed E-state index contributed by atoms with van der Waals surface area (Å²) in [7, 11) is 0. The van der Waals surface area contributed by atoms with Crippen LogP contribution in [-0.2, 0) is 6.42 Å². The Labute approximate surface area is 76.4 Å². The summed E-state index contributed by atoms with van der Waals surface area (Å²) in [6.45, 7) is 0. The van der Waals surface area contributed by atoms with Gasteiger partial charge in [0.2, 0.25) is 0 Å². The molecule has 1 aliphatic carbocycles. The van der Waals surface area contributed by atoms with Crippen molar-refractivity contribution in [1.29, 1.82) is 0 Å². The fraction of sp³-hybridized carbons (Fsp3) is 0.300. The van der Waals surface area contributed by atoms with Gasteiger partial charge in [0.25, 0.3) is 0 Å². The largest absolute Gasteiger partial charge is 0.465 e. The van der Waals surface area contributed by atoms with E-state index < -0.39 is 6.09 Å². The molecular formula is C10H11NO2. The van der Waals surface area contributed by atoms with E-state index in [2.05, 4.69) is 11.4 Å². The highest BCUT2D eigenvalue weighted by Crippen LogP contribution is 2.30. The standard InChI is InChI=1S/C10H11NO2/c12-10(13)11-9-6-5-7-3-1-2-4-8(7)9/h1-4,9,11H,5-6H2,(H,12,13)/t9-/m1/s1. The van der Waals surface area contributed by atoms with Gasteiger partial charge in [0, 0.05) is 0 Å². The van der Waals surface area contributed by atoms with Crippen LogP contribution in [0.2, 0.25) is 0 Å². The average molecular weight is 177 g/mol. The van der Waals surface area contributed by atoms with Gasteiger partial charge in [-0.2, -0.15) is 0 Å². The third-order valence-corrected chi connectivity index (χ3v) is 2.43. The third kappa shape index (κ3) is 1.49. The minimum Gasteiger partial charge on any atom is -0.465 e. The molecule has 0 aromatic heterocycles. The molecule has 3 heteroatoms. The lowest BCUT2D eigenvalue weighted by Crippen LogP contribution is -2.24. The Bertz CT molecular complexity index is 335. The van der Waals surface area contributed by atoms with Crippen molar-refractivity contribution in [2.45, 2.75) is 18.9 Å². The van der Waals surface area contributed by atoms with E-state index in [9.17, 15) is 4.79 Å². The molecule has 68 valence electrons. The van der Waals surface area contributed by atoms with E-state index in [1.807, 2.05) is 18.2 Å².